The average molecular weight is 286 g/mol. The Morgan fingerprint density at radius 3 is 2.71 bits per heavy atom. The zero-order chi connectivity index (χ0) is 15.2. The van der Waals surface area contributed by atoms with Crippen molar-refractivity contribution in [2.75, 3.05) is 13.7 Å². The maximum atomic E-state index is 5.99. The van der Waals surface area contributed by atoms with Gasteiger partial charge in [0.15, 0.2) is 0 Å². The van der Waals surface area contributed by atoms with Crippen LogP contribution in [0.15, 0.2) is 30.3 Å². The van der Waals surface area contributed by atoms with E-state index in [1.807, 2.05) is 38.1 Å². The molecule has 0 saturated heterocycles. The van der Waals surface area contributed by atoms with Gasteiger partial charge in [0.2, 0.25) is 0 Å². The van der Waals surface area contributed by atoms with Gasteiger partial charge in [0.25, 0.3) is 0 Å². The lowest BCUT2D eigenvalue weighted by Gasteiger charge is -2.14. The van der Waals surface area contributed by atoms with Gasteiger partial charge in [0.1, 0.15) is 18.1 Å². The Balaban J connectivity index is 2.18. The molecule has 2 N–H and O–H groups in total. The molecule has 0 bridgehead atoms. The maximum Gasteiger partial charge on any atom is 0.130 e. The molecular formula is C17H22N2O2. The fourth-order valence-electron chi connectivity index (χ4n) is 2.31. The molecule has 0 unspecified atom stereocenters. The Morgan fingerprint density at radius 1 is 1.19 bits per heavy atom. The molecule has 4 nitrogen and oxygen atoms in total. The van der Waals surface area contributed by atoms with E-state index in [1.165, 1.54) is 0 Å². The van der Waals surface area contributed by atoms with Crippen molar-refractivity contribution in [2.24, 2.45) is 5.73 Å². The topological polar surface area (TPSA) is 57.4 Å². The fraction of sp³-hybridized carbons (Fsp3) is 0.353. The summed E-state index contributed by atoms with van der Waals surface area (Å²) in [6, 6.07) is 9.92. The molecule has 112 valence electrons. The number of rotatable bonds is 6. The van der Waals surface area contributed by atoms with Gasteiger partial charge >= 0.3 is 0 Å². The van der Waals surface area contributed by atoms with Crippen LogP contribution in [0.1, 0.15) is 22.5 Å². The number of nitrogens with zero attached hydrogens (tertiary/aromatic N) is 1. The van der Waals surface area contributed by atoms with Crippen LogP contribution in [-0.4, -0.2) is 18.6 Å². The van der Waals surface area contributed by atoms with E-state index in [4.69, 9.17) is 15.2 Å². The Labute approximate surface area is 125 Å². The molecule has 0 fully saturated rings. The average Bonchev–Trinajstić information content (AvgIpc) is 2.46. The van der Waals surface area contributed by atoms with E-state index in [-0.39, 0.29) is 0 Å². The monoisotopic (exact) mass is 286 g/mol. The predicted molar refractivity (Wildman–Crippen MR) is 83.8 cm³/mol. The number of pyridine rings is 1. The number of ether oxygens (including phenoxy) is 2. The summed E-state index contributed by atoms with van der Waals surface area (Å²) in [5, 5.41) is 0. The van der Waals surface area contributed by atoms with E-state index < -0.39 is 0 Å². The van der Waals surface area contributed by atoms with Crippen LogP contribution in [0, 0.1) is 13.8 Å². The first kappa shape index (κ1) is 15.3. The van der Waals surface area contributed by atoms with Crippen molar-refractivity contribution in [1.29, 1.82) is 0 Å². The lowest BCUT2D eigenvalue weighted by Crippen LogP contribution is -2.07. The number of methoxy groups -OCH3 is 1. The van der Waals surface area contributed by atoms with E-state index in [2.05, 4.69) is 11.1 Å². The van der Waals surface area contributed by atoms with E-state index in [0.717, 1.165) is 40.4 Å². The van der Waals surface area contributed by atoms with Gasteiger partial charge in [-0.2, -0.15) is 0 Å². The van der Waals surface area contributed by atoms with Crippen LogP contribution in [0.5, 0.6) is 11.5 Å². The molecule has 4 heteroatoms. The number of hydrogen-bond acceptors (Lipinski definition) is 4. The highest BCUT2D eigenvalue weighted by Gasteiger charge is 2.08. The van der Waals surface area contributed by atoms with Gasteiger partial charge in [-0.3, -0.25) is 4.98 Å². The molecular weight excluding hydrogens is 264 g/mol. The van der Waals surface area contributed by atoms with Crippen LogP contribution in [-0.2, 0) is 13.0 Å². The first-order valence-corrected chi connectivity index (χ1v) is 7.07. The van der Waals surface area contributed by atoms with Gasteiger partial charge in [-0.05, 0) is 37.9 Å². The van der Waals surface area contributed by atoms with E-state index in [9.17, 15) is 0 Å². The van der Waals surface area contributed by atoms with Crippen LogP contribution in [0.2, 0.25) is 0 Å². The Morgan fingerprint density at radius 2 is 2.00 bits per heavy atom. The highest BCUT2D eigenvalue weighted by Crippen LogP contribution is 2.25. The highest BCUT2D eigenvalue weighted by atomic mass is 16.5. The van der Waals surface area contributed by atoms with E-state index in [1.54, 1.807) is 7.11 Å². The summed E-state index contributed by atoms with van der Waals surface area (Å²) < 4.78 is 11.2. The minimum Gasteiger partial charge on any atom is -0.497 e. The molecule has 0 aliphatic heterocycles. The molecule has 0 spiro atoms. The van der Waals surface area contributed by atoms with Crippen molar-refractivity contribution in [1.82, 2.24) is 4.98 Å². The number of nitrogens with two attached hydrogens (primary N) is 1. The summed E-state index contributed by atoms with van der Waals surface area (Å²) in [4.78, 5) is 4.47. The largest absolute Gasteiger partial charge is 0.497 e. The number of hydrogen-bond donors (Lipinski definition) is 1. The van der Waals surface area contributed by atoms with Crippen LogP contribution in [0.3, 0.4) is 0 Å². The lowest BCUT2D eigenvalue weighted by atomic mass is 10.1. The van der Waals surface area contributed by atoms with Crippen molar-refractivity contribution >= 4 is 0 Å². The van der Waals surface area contributed by atoms with Crippen molar-refractivity contribution in [3.05, 3.63) is 52.8 Å². The van der Waals surface area contributed by atoms with Crippen molar-refractivity contribution < 1.29 is 9.47 Å². The molecule has 0 saturated carbocycles. The Kier molecular flexibility index (Phi) is 5.17. The van der Waals surface area contributed by atoms with Crippen LogP contribution >= 0.6 is 0 Å². The zero-order valence-electron chi connectivity index (χ0n) is 12.8. The van der Waals surface area contributed by atoms with Crippen molar-refractivity contribution in [3.8, 4) is 11.5 Å². The molecule has 0 atom stereocenters. The minimum absolute atomic E-state index is 0.417. The zero-order valence-corrected chi connectivity index (χ0v) is 12.8. The smallest absolute Gasteiger partial charge is 0.130 e. The van der Waals surface area contributed by atoms with Crippen LogP contribution in [0.25, 0.3) is 0 Å². The van der Waals surface area contributed by atoms with Gasteiger partial charge in [-0.15, -0.1) is 0 Å². The highest BCUT2D eigenvalue weighted by molar-refractivity contribution is 5.41. The Hall–Kier alpha value is -2.07. The molecule has 21 heavy (non-hydrogen) atoms. The minimum atomic E-state index is 0.417. The molecule has 2 aromatic rings. The van der Waals surface area contributed by atoms with E-state index in [0.29, 0.717) is 13.2 Å². The van der Waals surface area contributed by atoms with E-state index >= 15 is 0 Å². The molecule has 1 aromatic carbocycles. The molecule has 0 aliphatic rings. The van der Waals surface area contributed by atoms with Gasteiger partial charge in [0, 0.05) is 17.8 Å². The number of benzene rings is 1. The number of para-hydroxylation sites is 1. The third kappa shape index (κ3) is 3.95. The van der Waals surface area contributed by atoms with Gasteiger partial charge in [-0.25, -0.2) is 0 Å². The Bertz CT molecular complexity index is 612. The quantitative estimate of drug-likeness (QED) is 0.887. The molecule has 0 radical (unpaired) electrons. The number of aromatic nitrogens is 1. The molecule has 1 heterocycles. The summed E-state index contributed by atoms with van der Waals surface area (Å²) in [5.41, 5.74) is 9.68. The predicted octanol–water partition coefficient (Wildman–Crippen LogP) is 2.79. The third-order valence-electron chi connectivity index (χ3n) is 3.29. The van der Waals surface area contributed by atoms with Crippen molar-refractivity contribution in [3.63, 3.8) is 0 Å². The molecule has 2 rings (SSSR count). The number of aryl methyl sites for hydroxylation is 2. The standard InChI is InChI=1S/C17H22N2O2/c1-12-5-4-6-14(7-8-18)17(12)21-11-15-10-16(20-3)9-13(2)19-15/h4-6,9-10H,7-8,11,18H2,1-3H3. The maximum absolute atomic E-state index is 5.99. The van der Waals surface area contributed by atoms with Gasteiger partial charge < -0.3 is 15.2 Å². The van der Waals surface area contributed by atoms with Crippen LogP contribution in [0.4, 0.5) is 0 Å². The summed E-state index contributed by atoms with van der Waals surface area (Å²) in [5.74, 6) is 1.71. The summed E-state index contributed by atoms with van der Waals surface area (Å²) >= 11 is 0. The van der Waals surface area contributed by atoms with Crippen LogP contribution < -0.4 is 15.2 Å². The van der Waals surface area contributed by atoms with Gasteiger partial charge in [-0.1, -0.05) is 18.2 Å². The lowest BCUT2D eigenvalue weighted by molar-refractivity contribution is 0.294. The second-order valence-electron chi connectivity index (χ2n) is 5.03. The molecule has 0 aliphatic carbocycles. The molecule has 0 amide bonds. The second-order valence-corrected chi connectivity index (χ2v) is 5.03. The summed E-state index contributed by atoms with van der Waals surface area (Å²) in [6.45, 7) is 5.01. The second kappa shape index (κ2) is 7.09. The fourth-order valence-corrected chi connectivity index (χ4v) is 2.31. The SMILES string of the molecule is COc1cc(C)nc(COc2c(C)cccc2CCN)c1. The molecule has 1 aromatic heterocycles. The first-order chi connectivity index (χ1) is 10.1. The van der Waals surface area contributed by atoms with Crippen molar-refractivity contribution in [2.45, 2.75) is 26.9 Å². The van der Waals surface area contributed by atoms with Gasteiger partial charge in [0.05, 0.1) is 12.8 Å². The normalized spacial score (nSPS) is 10.5. The third-order valence-corrected chi connectivity index (χ3v) is 3.29. The summed E-state index contributed by atoms with van der Waals surface area (Å²) in [6.07, 6.45) is 0.807. The first-order valence-electron chi connectivity index (χ1n) is 7.07. The summed E-state index contributed by atoms with van der Waals surface area (Å²) in [7, 11) is 1.65.